The number of piperidine rings is 1. The van der Waals surface area contributed by atoms with Gasteiger partial charge < -0.3 is 9.88 Å². The average molecular weight is 442 g/mol. The summed E-state index contributed by atoms with van der Waals surface area (Å²) >= 11 is 0. The summed E-state index contributed by atoms with van der Waals surface area (Å²) in [5.41, 5.74) is 2.37. The molecule has 1 N–H and O–H groups in total. The van der Waals surface area contributed by atoms with Crippen molar-refractivity contribution in [1.29, 1.82) is 0 Å². The normalized spacial score (nSPS) is 15.3. The lowest BCUT2D eigenvalue weighted by atomic mass is 10.2. The molecule has 0 aliphatic carbocycles. The lowest BCUT2D eigenvalue weighted by Crippen LogP contribution is -2.35. The fraction of sp³-hybridized carbons (Fsp3) is 0.409. The highest BCUT2D eigenvalue weighted by Crippen LogP contribution is 2.25. The van der Waals surface area contributed by atoms with Gasteiger partial charge in [0, 0.05) is 39.2 Å². The smallest absolute Gasteiger partial charge is 0.243 e. The van der Waals surface area contributed by atoms with Crippen LogP contribution in [0.2, 0.25) is 0 Å². The number of pyridine rings is 1. The lowest BCUT2D eigenvalue weighted by molar-refractivity contribution is -0.116. The van der Waals surface area contributed by atoms with Gasteiger partial charge in [-0.1, -0.05) is 12.5 Å². The number of nitrogens with one attached hydrogen (secondary N) is 1. The molecule has 1 amide bonds. The quantitative estimate of drug-likeness (QED) is 0.634. The van der Waals surface area contributed by atoms with E-state index in [9.17, 15) is 13.2 Å². The van der Waals surface area contributed by atoms with Crippen LogP contribution in [-0.4, -0.2) is 46.3 Å². The summed E-state index contributed by atoms with van der Waals surface area (Å²) < 4.78 is 29.4. The van der Waals surface area contributed by atoms with Crippen LogP contribution in [0.5, 0.6) is 0 Å². The Balaban J connectivity index is 1.50. The first-order valence-corrected chi connectivity index (χ1v) is 12.0. The number of rotatable bonds is 6. The van der Waals surface area contributed by atoms with Crippen molar-refractivity contribution in [2.45, 2.75) is 43.9 Å². The third-order valence-corrected chi connectivity index (χ3v) is 7.64. The largest absolute Gasteiger partial charge is 0.331 e. The molecule has 1 saturated heterocycles. The Kier molecular flexibility index (Phi) is 6.06. The van der Waals surface area contributed by atoms with Crippen molar-refractivity contribution in [2.24, 2.45) is 7.05 Å². The molecular formula is C22H27N5O3S. The maximum Gasteiger partial charge on any atom is 0.243 e. The molecule has 2 aromatic heterocycles. The summed E-state index contributed by atoms with van der Waals surface area (Å²) in [7, 11) is -1.63. The van der Waals surface area contributed by atoms with Gasteiger partial charge in [0.05, 0.1) is 15.9 Å². The molecule has 8 nitrogen and oxygen atoms in total. The maximum absolute atomic E-state index is 13.0. The van der Waals surface area contributed by atoms with E-state index in [4.69, 9.17) is 0 Å². The number of sulfonamides is 1. The molecule has 0 atom stereocenters. The fourth-order valence-electron chi connectivity index (χ4n) is 3.90. The third kappa shape index (κ3) is 4.47. The van der Waals surface area contributed by atoms with E-state index >= 15 is 0 Å². The number of hydrogen-bond donors (Lipinski definition) is 1. The first-order valence-electron chi connectivity index (χ1n) is 10.5. The Bertz CT molecular complexity index is 1210. The van der Waals surface area contributed by atoms with E-state index in [2.05, 4.69) is 15.3 Å². The molecule has 1 aromatic carbocycles. The number of benzene rings is 1. The van der Waals surface area contributed by atoms with Gasteiger partial charge in [-0.2, -0.15) is 4.31 Å². The number of imidazole rings is 1. The van der Waals surface area contributed by atoms with Crippen LogP contribution in [0.25, 0.3) is 11.0 Å². The molecule has 0 spiro atoms. The first kappa shape index (κ1) is 21.5. The van der Waals surface area contributed by atoms with E-state index < -0.39 is 10.0 Å². The van der Waals surface area contributed by atoms with Crippen molar-refractivity contribution in [3.63, 3.8) is 0 Å². The van der Waals surface area contributed by atoms with E-state index in [1.165, 1.54) is 0 Å². The minimum atomic E-state index is -3.51. The predicted octanol–water partition coefficient (Wildman–Crippen LogP) is 3.02. The van der Waals surface area contributed by atoms with E-state index in [0.717, 1.165) is 36.2 Å². The van der Waals surface area contributed by atoms with Gasteiger partial charge in [-0.3, -0.25) is 4.79 Å². The second-order valence-electron chi connectivity index (χ2n) is 7.92. The SMILES string of the molecule is Cc1cccnc1NC(=O)CCc1nc2cc(S(=O)(=O)N3CCCCC3)ccc2n1C. The van der Waals surface area contributed by atoms with Crippen molar-refractivity contribution in [3.8, 4) is 0 Å². The highest BCUT2D eigenvalue weighted by atomic mass is 32.2. The summed E-state index contributed by atoms with van der Waals surface area (Å²) in [5.74, 6) is 1.16. The zero-order valence-electron chi connectivity index (χ0n) is 17.8. The van der Waals surface area contributed by atoms with E-state index in [-0.39, 0.29) is 17.2 Å². The van der Waals surface area contributed by atoms with Crippen LogP contribution in [0.1, 0.15) is 37.1 Å². The van der Waals surface area contributed by atoms with Gasteiger partial charge in [-0.25, -0.2) is 18.4 Å². The Morgan fingerprint density at radius 2 is 1.94 bits per heavy atom. The summed E-state index contributed by atoms with van der Waals surface area (Å²) in [4.78, 5) is 21.4. The number of carbonyl (C=O) groups excluding carboxylic acids is 1. The third-order valence-electron chi connectivity index (χ3n) is 5.74. The topological polar surface area (TPSA) is 97.2 Å². The number of amides is 1. The number of nitrogens with zero attached hydrogens (tertiary/aromatic N) is 4. The van der Waals surface area contributed by atoms with E-state index in [1.807, 2.05) is 30.7 Å². The van der Waals surface area contributed by atoms with Crippen LogP contribution in [0.4, 0.5) is 5.82 Å². The van der Waals surface area contributed by atoms with Crippen LogP contribution in [0, 0.1) is 6.92 Å². The standard InChI is InChI=1S/C22H27N5O3S/c1-16-7-6-12-23-22(16)25-21(28)11-10-20-24-18-15-17(8-9-19(18)26(20)2)31(29,30)27-13-4-3-5-14-27/h6-9,12,15H,3-5,10-11,13-14H2,1-2H3,(H,23,25,28). The van der Waals surface area contributed by atoms with Crippen LogP contribution in [0.3, 0.4) is 0 Å². The van der Waals surface area contributed by atoms with Crippen LogP contribution < -0.4 is 5.32 Å². The number of aryl methyl sites for hydroxylation is 3. The van der Waals surface area contributed by atoms with Crippen molar-refractivity contribution < 1.29 is 13.2 Å². The molecular weight excluding hydrogens is 414 g/mol. The van der Waals surface area contributed by atoms with Crippen molar-refractivity contribution in [1.82, 2.24) is 18.8 Å². The monoisotopic (exact) mass is 441 g/mol. The van der Waals surface area contributed by atoms with Gasteiger partial charge in [-0.15, -0.1) is 0 Å². The lowest BCUT2D eigenvalue weighted by Gasteiger charge is -2.25. The first-order chi connectivity index (χ1) is 14.9. The molecule has 3 aromatic rings. The highest BCUT2D eigenvalue weighted by molar-refractivity contribution is 7.89. The number of aromatic nitrogens is 3. The zero-order valence-corrected chi connectivity index (χ0v) is 18.7. The summed E-state index contributed by atoms with van der Waals surface area (Å²) in [6.07, 6.45) is 5.21. The second-order valence-corrected chi connectivity index (χ2v) is 9.86. The van der Waals surface area contributed by atoms with Gasteiger partial charge in [0.1, 0.15) is 11.6 Å². The van der Waals surface area contributed by atoms with E-state index in [1.54, 1.807) is 28.7 Å². The van der Waals surface area contributed by atoms with E-state index in [0.29, 0.717) is 30.8 Å². The van der Waals surface area contributed by atoms with Crippen molar-refractivity contribution >= 4 is 32.8 Å². The minimum Gasteiger partial charge on any atom is -0.331 e. The predicted molar refractivity (Wildman–Crippen MR) is 119 cm³/mol. The van der Waals surface area contributed by atoms with Gasteiger partial charge >= 0.3 is 0 Å². The zero-order chi connectivity index (χ0) is 22.0. The molecule has 0 bridgehead atoms. The molecule has 0 saturated carbocycles. The fourth-order valence-corrected chi connectivity index (χ4v) is 5.44. The Morgan fingerprint density at radius 3 is 2.68 bits per heavy atom. The van der Waals surface area contributed by atoms with Gasteiger partial charge in [0.15, 0.2) is 0 Å². The van der Waals surface area contributed by atoms with Crippen LogP contribution >= 0.6 is 0 Å². The summed E-state index contributed by atoms with van der Waals surface area (Å²) in [6.45, 7) is 3.03. The molecule has 4 rings (SSSR count). The van der Waals surface area contributed by atoms with Crippen molar-refractivity contribution in [3.05, 3.63) is 47.9 Å². The maximum atomic E-state index is 13.0. The molecule has 1 fully saturated rings. The molecule has 3 heterocycles. The van der Waals surface area contributed by atoms with Gasteiger partial charge in [0.25, 0.3) is 0 Å². The van der Waals surface area contributed by atoms with Crippen molar-refractivity contribution in [2.75, 3.05) is 18.4 Å². The Labute approximate surface area is 182 Å². The van der Waals surface area contributed by atoms with Crippen LogP contribution in [-0.2, 0) is 28.3 Å². The molecule has 0 radical (unpaired) electrons. The number of fused-ring (bicyclic) bond motifs is 1. The number of anilines is 1. The van der Waals surface area contributed by atoms with Gasteiger partial charge in [-0.05, 0) is 49.6 Å². The molecule has 1 aliphatic rings. The summed E-state index contributed by atoms with van der Waals surface area (Å²) in [5, 5.41) is 2.83. The molecule has 1 aliphatic heterocycles. The second kappa shape index (κ2) is 8.76. The molecule has 0 unspecified atom stereocenters. The highest BCUT2D eigenvalue weighted by Gasteiger charge is 2.26. The summed E-state index contributed by atoms with van der Waals surface area (Å²) in [6, 6.07) is 8.79. The Morgan fingerprint density at radius 1 is 1.16 bits per heavy atom. The number of hydrogen-bond acceptors (Lipinski definition) is 5. The minimum absolute atomic E-state index is 0.137. The Hall–Kier alpha value is -2.78. The average Bonchev–Trinajstić information content (AvgIpc) is 3.09. The van der Waals surface area contributed by atoms with Gasteiger partial charge in [0.2, 0.25) is 15.9 Å². The number of carbonyl (C=O) groups is 1. The molecule has 9 heteroatoms. The van der Waals surface area contributed by atoms with Crippen LogP contribution in [0.15, 0.2) is 41.4 Å². The molecule has 164 valence electrons. The molecule has 31 heavy (non-hydrogen) atoms.